The molecule has 1 aliphatic carbocycles. The number of carbonyl (C=O) groups excluding carboxylic acids is 1. The first kappa shape index (κ1) is 15.3. The van der Waals surface area contributed by atoms with Gasteiger partial charge >= 0.3 is 0 Å². The van der Waals surface area contributed by atoms with Gasteiger partial charge in [-0.05, 0) is 42.9 Å². The molecule has 1 amide bonds. The van der Waals surface area contributed by atoms with Gasteiger partial charge in [0.15, 0.2) is 9.84 Å². The van der Waals surface area contributed by atoms with Crippen molar-refractivity contribution in [1.29, 1.82) is 0 Å². The van der Waals surface area contributed by atoms with Crippen LogP contribution < -0.4 is 5.32 Å². The van der Waals surface area contributed by atoms with E-state index in [1.165, 1.54) is 12.5 Å². The average molecular weight is 323 g/mol. The van der Waals surface area contributed by atoms with Crippen molar-refractivity contribution in [3.8, 4) is 0 Å². The molecule has 0 unspecified atom stereocenters. The van der Waals surface area contributed by atoms with Crippen LogP contribution in [0.1, 0.15) is 37.2 Å². The largest absolute Gasteiger partial charge is 0.461 e. The van der Waals surface area contributed by atoms with E-state index in [0.717, 1.165) is 5.76 Å². The molecule has 6 heteroatoms. The highest BCUT2D eigenvalue weighted by atomic mass is 32.2. The molecule has 3 rings (SSSR count). The molecule has 120 valence electrons. The molecule has 0 aromatic carbocycles. The van der Waals surface area contributed by atoms with Crippen LogP contribution in [0.2, 0.25) is 0 Å². The average Bonchev–Trinajstić information content (AvgIpc) is 2.88. The van der Waals surface area contributed by atoms with Gasteiger partial charge in [0.25, 0.3) is 0 Å². The zero-order valence-electron chi connectivity index (χ0n) is 12.6. The molecule has 1 N–H and O–H groups in total. The summed E-state index contributed by atoms with van der Waals surface area (Å²) in [6.07, 6.45) is 4.88. The predicted octanol–water partition coefficient (Wildman–Crippen LogP) is 1.97. The summed E-state index contributed by atoms with van der Waals surface area (Å²) in [5, 5.41) is 2.75. The fourth-order valence-corrected chi connectivity index (χ4v) is 4.73. The first-order valence-corrected chi connectivity index (χ1v) is 9.51. The molecule has 0 bridgehead atoms. The third-order valence-corrected chi connectivity index (χ3v) is 6.25. The first-order chi connectivity index (χ1) is 10.4. The highest BCUT2D eigenvalue weighted by Gasteiger charge is 2.36. The number of furan rings is 1. The maximum Gasteiger partial charge on any atom is 0.244 e. The van der Waals surface area contributed by atoms with Crippen molar-refractivity contribution in [3.63, 3.8) is 0 Å². The molecule has 1 aromatic rings. The minimum absolute atomic E-state index is 0.0360. The lowest BCUT2D eigenvalue weighted by Crippen LogP contribution is -2.28. The minimum atomic E-state index is -2.89. The van der Waals surface area contributed by atoms with E-state index in [-0.39, 0.29) is 23.3 Å². The second kappa shape index (κ2) is 5.91. The first-order valence-electron chi connectivity index (χ1n) is 7.69. The van der Waals surface area contributed by atoms with Crippen LogP contribution >= 0.6 is 0 Å². The highest BCUT2D eigenvalue weighted by Crippen LogP contribution is 2.47. The normalized spacial score (nSPS) is 29.8. The van der Waals surface area contributed by atoms with E-state index >= 15 is 0 Å². The maximum atomic E-state index is 11.8. The summed E-state index contributed by atoms with van der Waals surface area (Å²) in [7, 11) is -2.89. The van der Waals surface area contributed by atoms with Crippen molar-refractivity contribution in [2.24, 2.45) is 11.8 Å². The van der Waals surface area contributed by atoms with Crippen molar-refractivity contribution in [2.75, 3.05) is 18.1 Å². The Labute approximate surface area is 130 Å². The Morgan fingerprint density at radius 3 is 2.86 bits per heavy atom. The SMILES string of the molecule is C[C@@H]1C[C@@H]1c1ccc(/C=C\C(=O)NC[C@@H]2CCS(=O)(=O)C2)o1. The Kier molecular flexibility index (Phi) is 4.12. The smallest absolute Gasteiger partial charge is 0.244 e. The van der Waals surface area contributed by atoms with Gasteiger partial charge in [-0.1, -0.05) is 6.92 Å². The van der Waals surface area contributed by atoms with Crippen molar-refractivity contribution >= 4 is 21.8 Å². The van der Waals surface area contributed by atoms with Gasteiger partial charge in [0.2, 0.25) is 5.91 Å². The number of hydrogen-bond acceptors (Lipinski definition) is 4. The summed E-state index contributed by atoms with van der Waals surface area (Å²) in [6, 6.07) is 3.84. The zero-order valence-corrected chi connectivity index (χ0v) is 13.4. The van der Waals surface area contributed by atoms with E-state index in [0.29, 0.717) is 30.6 Å². The number of nitrogens with one attached hydrogen (secondary N) is 1. The van der Waals surface area contributed by atoms with Crippen LogP contribution in [0, 0.1) is 11.8 Å². The fraction of sp³-hybridized carbons (Fsp3) is 0.562. The highest BCUT2D eigenvalue weighted by molar-refractivity contribution is 7.91. The van der Waals surface area contributed by atoms with Gasteiger partial charge in [-0.15, -0.1) is 0 Å². The monoisotopic (exact) mass is 323 g/mol. The van der Waals surface area contributed by atoms with Crippen molar-refractivity contribution < 1.29 is 17.6 Å². The third-order valence-electron chi connectivity index (χ3n) is 4.41. The zero-order chi connectivity index (χ0) is 15.7. The molecular formula is C16H21NO4S. The Morgan fingerprint density at radius 2 is 2.23 bits per heavy atom. The van der Waals surface area contributed by atoms with Crippen LogP contribution in [-0.4, -0.2) is 32.4 Å². The van der Waals surface area contributed by atoms with Gasteiger partial charge in [0.05, 0.1) is 11.5 Å². The summed E-state index contributed by atoms with van der Waals surface area (Å²) in [6.45, 7) is 2.60. The van der Waals surface area contributed by atoms with Crippen molar-refractivity contribution in [3.05, 3.63) is 29.7 Å². The molecule has 1 saturated heterocycles. The van der Waals surface area contributed by atoms with Crippen LogP contribution in [0.4, 0.5) is 0 Å². The number of amides is 1. The number of carbonyl (C=O) groups is 1. The minimum Gasteiger partial charge on any atom is -0.461 e. The Morgan fingerprint density at radius 1 is 1.45 bits per heavy atom. The van der Waals surface area contributed by atoms with Crippen LogP contribution in [0.25, 0.3) is 6.08 Å². The molecule has 2 fully saturated rings. The van der Waals surface area contributed by atoms with Gasteiger partial charge in [-0.3, -0.25) is 4.79 Å². The molecule has 22 heavy (non-hydrogen) atoms. The van der Waals surface area contributed by atoms with Crippen molar-refractivity contribution in [1.82, 2.24) is 5.32 Å². The second-order valence-corrected chi connectivity index (χ2v) is 8.64. The van der Waals surface area contributed by atoms with E-state index in [1.54, 1.807) is 6.08 Å². The van der Waals surface area contributed by atoms with Crippen molar-refractivity contribution in [2.45, 2.75) is 25.7 Å². The summed E-state index contributed by atoms with van der Waals surface area (Å²) in [5.74, 6) is 3.11. The number of rotatable bonds is 5. The summed E-state index contributed by atoms with van der Waals surface area (Å²) >= 11 is 0. The quantitative estimate of drug-likeness (QED) is 0.841. The fourth-order valence-electron chi connectivity index (χ4n) is 2.87. The van der Waals surface area contributed by atoms with Gasteiger partial charge in [0.1, 0.15) is 11.5 Å². The molecule has 2 heterocycles. The standard InChI is InChI=1S/C16H21NO4S/c1-11-8-14(11)15-4-2-13(21-15)3-5-16(18)17-9-12-6-7-22(19,20)10-12/h2-5,11-12,14H,6-10H2,1H3,(H,17,18)/b5-3-/t11-,12+,14+/m1/s1. The number of sulfone groups is 1. The Balaban J connectivity index is 1.46. The summed E-state index contributed by atoms with van der Waals surface area (Å²) in [4.78, 5) is 11.8. The Hall–Kier alpha value is -1.56. The summed E-state index contributed by atoms with van der Waals surface area (Å²) in [5.41, 5.74) is 0. The molecule has 3 atom stereocenters. The molecule has 0 radical (unpaired) electrons. The molecule has 0 spiro atoms. The molecule has 1 saturated carbocycles. The maximum absolute atomic E-state index is 11.8. The van der Waals surface area contributed by atoms with Gasteiger partial charge in [-0.2, -0.15) is 0 Å². The van der Waals surface area contributed by atoms with Gasteiger partial charge in [0, 0.05) is 18.5 Å². The van der Waals surface area contributed by atoms with E-state index in [9.17, 15) is 13.2 Å². The molecular weight excluding hydrogens is 302 g/mol. The molecule has 1 aliphatic heterocycles. The summed E-state index contributed by atoms with van der Waals surface area (Å²) < 4.78 is 28.4. The molecule has 5 nitrogen and oxygen atoms in total. The molecule has 1 aromatic heterocycles. The van der Waals surface area contributed by atoms with Crippen LogP contribution in [0.5, 0.6) is 0 Å². The lowest BCUT2D eigenvalue weighted by Gasteiger charge is -2.07. The third kappa shape index (κ3) is 3.80. The number of hydrogen-bond donors (Lipinski definition) is 1. The van der Waals surface area contributed by atoms with Crippen LogP contribution in [0.15, 0.2) is 22.6 Å². The van der Waals surface area contributed by atoms with E-state index in [4.69, 9.17) is 4.42 Å². The van der Waals surface area contributed by atoms with Gasteiger partial charge < -0.3 is 9.73 Å². The van der Waals surface area contributed by atoms with E-state index in [1.807, 2.05) is 12.1 Å². The lowest BCUT2D eigenvalue weighted by molar-refractivity contribution is -0.116. The van der Waals surface area contributed by atoms with E-state index < -0.39 is 9.84 Å². The Bertz CT molecular complexity index is 689. The molecule has 2 aliphatic rings. The lowest BCUT2D eigenvalue weighted by atomic mass is 10.1. The topological polar surface area (TPSA) is 76.4 Å². The van der Waals surface area contributed by atoms with Crippen LogP contribution in [0.3, 0.4) is 0 Å². The predicted molar refractivity (Wildman–Crippen MR) is 84.0 cm³/mol. The van der Waals surface area contributed by atoms with Gasteiger partial charge in [-0.25, -0.2) is 8.42 Å². The van der Waals surface area contributed by atoms with Crippen LogP contribution in [-0.2, 0) is 14.6 Å². The second-order valence-electron chi connectivity index (χ2n) is 6.41. The van der Waals surface area contributed by atoms with E-state index in [2.05, 4.69) is 12.2 Å².